The van der Waals surface area contributed by atoms with Gasteiger partial charge in [-0.15, -0.1) is 0 Å². The Morgan fingerprint density at radius 2 is 1.59 bits per heavy atom. The summed E-state index contributed by atoms with van der Waals surface area (Å²) in [7, 11) is 0. The molecule has 34 heavy (non-hydrogen) atoms. The number of nitrogens with one attached hydrogen (secondary N) is 1. The van der Waals surface area contributed by atoms with E-state index in [4.69, 9.17) is 16.7 Å². The third kappa shape index (κ3) is 5.53. The van der Waals surface area contributed by atoms with E-state index in [1.807, 2.05) is 73.7 Å². The number of hydrogen-bond acceptors (Lipinski definition) is 3. The molecule has 0 aliphatic rings. The maximum absolute atomic E-state index is 13.0. The molecule has 0 bridgehead atoms. The zero-order chi connectivity index (χ0) is 23.9. The first kappa shape index (κ1) is 23.3. The van der Waals surface area contributed by atoms with Crippen molar-refractivity contribution >= 4 is 29.2 Å². The van der Waals surface area contributed by atoms with Gasteiger partial charge in [-0.1, -0.05) is 67.1 Å². The van der Waals surface area contributed by atoms with Gasteiger partial charge >= 0.3 is 0 Å². The smallest absolute Gasteiger partial charge is 0.254 e. The fraction of sp³-hybridized carbons (Fsp3) is 0.148. The van der Waals surface area contributed by atoms with Gasteiger partial charge in [-0.25, -0.2) is 4.68 Å². The lowest BCUT2D eigenvalue weighted by Gasteiger charge is -2.21. The summed E-state index contributed by atoms with van der Waals surface area (Å²) in [6.07, 6.45) is 0.743. The Bertz CT molecular complexity index is 1260. The summed E-state index contributed by atoms with van der Waals surface area (Å²) >= 11 is 6.05. The monoisotopic (exact) mass is 472 g/mol. The van der Waals surface area contributed by atoms with Crippen molar-refractivity contribution in [2.45, 2.75) is 13.3 Å². The highest BCUT2D eigenvalue weighted by atomic mass is 35.5. The van der Waals surface area contributed by atoms with Gasteiger partial charge in [0.2, 0.25) is 5.91 Å². The molecule has 2 amide bonds. The fourth-order valence-corrected chi connectivity index (χ4v) is 3.77. The van der Waals surface area contributed by atoms with Crippen molar-refractivity contribution in [2.24, 2.45) is 0 Å². The van der Waals surface area contributed by atoms with Crippen LogP contribution in [0.2, 0.25) is 5.02 Å². The molecule has 1 aromatic heterocycles. The largest absolute Gasteiger partial charge is 0.329 e. The number of aromatic nitrogens is 2. The number of carbonyl (C=O) groups excluding carboxylic acids is 2. The summed E-state index contributed by atoms with van der Waals surface area (Å²) in [5, 5.41) is 8.26. The number of anilines is 1. The van der Waals surface area contributed by atoms with Gasteiger partial charge in [0.05, 0.1) is 11.4 Å². The standard InChI is InChI=1S/C27H25ClN4O2/c1-2-17-31(27(34)21-11-7-4-8-12-21)19-26(33)29-25-18-24(20-9-5-3-6-10-20)30-32(25)23-15-13-22(28)14-16-23/h3-16,18H,2,17,19H2,1H3,(H,29,33). The van der Waals surface area contributed by atoms with Crippen LogP contribution in [0.25, 0.3) is 16.9 Å². The zero-order valence-electron chi connectivity index (χ0n) is 18.8. The summed E-state index contributed by atoms with van der Waals surface area (Å²) in [5.74, 6) is 0.0380. The molecule has 172 valence electrons. The number of amides is 2. The molecule has 7 heteroatoms. The fourth-order valence-electron chi connectivity index (χ4n) is 3.64. The molecule has 0 aliphatic carbocycles. The van der Waals surface area contributed by atoms with E-state index in [-0.39, 0.29) is 18.4 Å². The van der Waals surface area contributed by atoms with Crippen LogP contribution in [0.1, 0.15) is 23.7 Å². The normalized spacial score (nSPS) is 10.6. The van der Waals surface area contributed by atoms with Crippen LogP contribution in [-0.4, -0.2) is 39.6 Å². The lowest BCUT2D eigenvalue weighted by molar-refractivity contribution is -0.116. The summed E-state index contributed by atoms with van der Waals surface area (Å²) in [5.41, 5.74) is 2.96. The van der Waals surface area contributed by atoms with Crippen molar-refractivity contribution in [1.29, 1.82) is 0 Å². The number of nitrogens with zero attached hydrogens (tertiary/aromatic N) is 3. The second-order valence-electron chi connectivity index (χ2n) is 7.81. The minimum atomic E-state index is -0.299. The van der Waals surface area contributed by atoms with Crippen molar-refractivity contribution in [3.63, 3.8) is 0 Å². The summed E-state index contributed by atoms with van der Waals surface area (Å²) in [4.78, 5) is 27.6. The van der Waals surface area contributed by atoms with Gasteiger partial charge < -0.3 is 10.2 Å². The summed E-state index contributed by atoms with van der Waals surface area (Å²) in [6.45, 7) is 2.39. The lowest BCUT2D eigenvalue weighted by atomic mass is 10.1. The SMILES string of the molecule is CCCN(CC(=O)Nc1cc(-c2ccccc2)nn1-c1ccc(Cl)cc1)C(=O)c1ccccc1. The van der Waals surface area contributed by atoms with Gasteiger partial charge in [-0.3, -0.25) is 9.59 Å². The highest BCUT2D eigenvalue weighted by Gasteiger charge is 2.20. The molecule has 0 fully saturated rings. The van der Waals surface area contributed by atoms with Gasteiger partial charge in [-0.2, -0.15) is 5.10 Å². The molecule has 0 radical (unpaired) electrons. The number of halogens is 1. The van der Waals surface area contributed by atoms with Crippen LogP contribution in [0.4, 0.5) is 5.82 Å². The first-order chi connectivity index (χ1) is 16.5. The number of benzene rings is 3. The Balaban J connectivity index is 1.60. The van der Waals surface area contributed by atoms with Crippen molar-refractivity contribution in [2.75, 3.05) is 18.4 Å². The second kappa shape index (κ2) is 10.8. The maximum atomic E-state index is 13.0. The van der Waals surface area contributed by atoms with Crippen LogP contribution in [0, 0.1) is 0 Å². The molecular weight excluding hydrogens is 448 g/mol. The lowest BCUT2D eigenvalue weighted by Crippen LogP contribution is -2.38. The van der Waals surface area contributed by atoms with Crippen LogP contribution in [0.3, 0.4) is 0 Å². The molecule has 1 N–H and O–H groups in total. The van der Waals surface area contributed by atoms with Crippen molar-refractivity contribution < 1.29 is 9.59 Å². The molecule has 0 saturated heterocycles. The van der Waals surface area contributed by atoms with E-state index in [1.54, 1.807) is 33.8 Å². The average Bonchev–Trinajstić information content (AvgIpc) is 3.28. The van der Waals surface area contributed by atoms with Crippen molar-refractivity contribution in [1.82, 2.24) is 14.7 Å². The first-order valence-corrected chi connectivity index (χ1v) is 11.5. The molecule has 1 heterocycles. The summed E-state index contributed by atoms with van der Waals surface area (Å²) < 4.78 is 1.67. The molecule has 0 saturated carbocycles. The Hall–Kier alpha value is -3.90. The molecule has 0 unspecified atom stereocenters. The Morgan fingerprint density at radius 3 is 2.24 bits per heavy atom. The molecule has 4 aromatic rings. The molecular formula is C27H25ClN4O2. The minimum Gasteiger partial charge on any atom is -0.329 e. The van der Waals surface area contributed by atoms with Crippen LogP contribution < -0.4 is 5.32 Å². The van der Waals surface area contributed by atoms with E-state index < -0.39 is 0 Å². The van der Waals surface area contributed by atoms with Gasteiger partial charge in [0.25, 0.3) is 5.91 Å². The topological polar surface area (TPSA) is 67.2 Å². The van der Waals surface area contributed by atoms with Gasteiger partial charge in [0, 0.05) is 28.8 Å². The third-order valence-electron chi connectivity index (χ3n) is 5.25. The molecule has 4 rings (SSSR count). The Kier molecular flexibility index (Phi) is 7.40. The van der Waals surface area contributed by atoms with E-state index in [2.05, 4.69) is 5.32 Å². The van der Waals surface area contributed by atoms with Crippen LogP contribution in [-0.2, 0) is 4.79 Å². The third-order valence-corrected chi connectivity index (χ3v) is 5.51. The molecule has 0 aliphatic heterocycles. The number of hydrogen-bond donors (Lipinski definition) is 1. The Morgan fingerprint density at radius 1 is 0.941 bits per heavy atom. The average molecular weight is 473 g/mol. The van der Waals surface area contributed by atoms with Crippen molar-refractivity contribution in [3.05, 3.63) is 102 Å². The Labute approximate surface area is 203 Å². The quantitative estimate of drug-likeness (QED) is 0.358. The van der Waals surface area contributed by atoms with Gasteiger partial charge in [0.1, 0.15) is 12.4 Å². The number of rotatable bonds is 8. The van der Waals surface area contributed by atoms with E-state index in [9.17, 15) is 9.59 Å². The van der Waals surface area contributed by atoms with Gasteiger partial charge in [0.15, 0.2) is 0 Å². The molecule has 3 aromatic carbocycles. The second-order valence-corrected chi connectivity index (χ2v) is 8.25. The summed E-state index contributed by atoms with van der Waals surface area (Å²) in [6, 6.07) is 27.8. The van der Waals surface area contributed by atoms with E-state index >= 15 is 0 Å². The van der Waals surface area contributed by atoms with Gasteiger partial charge in [-0.05, 0) is 42.8 Å². The predicted octanol–water partition coefficient (Wildman–Crippen LogP) is 5.68. The predicted molar refractivity (Wildman–Crippen MR) is 135 cm³/mol. The van der Waals surface area contributed by atoms with Crippen LogP contribution >= 0.6 is 11.6 Å². The van der Waals surface area contributed by atoms with Crippen molar-refractivity contribution in [3.8, 4) is 16.9 Å². The maximum Gasteiger partial charge on any atom is 0.254 e. The molecule has 0 spiro atoms. The minimum absolute atomic E-state index is 0.0615. The molecule has 6 nitrogen and oxygen atoms in total. The zero-order valence-corrected chi connectivity index (χ0v) is 19.6. The van der Waals surface area contributed by atoms with E-state index in [1.165, 1.54) is 0 Å². The number of carbonyl (C=O) groups is 2. The highest BCUT2D eigenvalue weighted by molar-refractivity contribution is 6.30. The van der Waals surface area contributed by atoms with Crippen LogP contribution in [0.5, 0.6) is 0 Å². The van der Waals surface area contributed by atoms with Crippen LogP contribution in [0.15, 0.2) is 91.0 Å². The highest BCUT2D eigenvalue weighted by Crippen LogP contribution is 2.25. The van der Waals surface area contributed by atoms with E-state index in [0.29, 0.717) is 22.9 Å². The molecule has 0 atom stereocenters. The van der Waals surface area contributed by atoms with E-state index in [0.717, 1.165) is 23.4 Å². The first-order valence-electron chi connectivity index (χ1n) is 11.1.